The highest BCUT2D eigenvalue weighted by Gasteiger charge is 2.35. The summed E-state index contributed by atoms with van der Waals surface area (Å²) < 4.78 is 1.35. The van der Waals surface area contributed by atoms with Crippen LogP contribution in [0.3, 0.4) is 0 Å². The normalized spacial score (nSPS) is 17.1. The lowest BCUT2D eigenvalue weighted by atomic mass is 10.0. The smallest absolute Gasteiger partial charge is 0.323 e. The van der Waals surface area contributed by atoms with Gasteiger partial charge in [0.15, 0.2) is 0 Å². The van der Waals surface area contributed by atoms with Crippen molar-refractivity contribution in [2.75, 3.05) is 18.0 Å². The topological polar surface area (TPSA) is 157 Å². The van der Waals surface area contributed by atoms with E-state index in [1.54, 1.807) is 0 Å². The number of carbonyl (C=O) groups excluding carboxylic acids is 1. The van der Waals surface area contributed by atoms with Crippen molar-refractivity contribution in [2.45, 2.75) is 37.1 Å². The van der Waals surface area contributed by atoms with Gasteiger partial charge in [0.1, 0.15) is 27.0 Å². The van der Waals surface area contributed by atoms with Gasteiger partial charge in [0.25, 0.3) is 11.5 Å². The molecule has 0 atom stereocenters. The molecule has 11 nitrogen and oxygen atoms in total. The lowest BCUT2D eigenvalue weighted by Gasteiger charge is -2.20. The van der Waals surface area contributed by atoms with E-state index in [4.69, 9.17) is 12.2 Å². The van der Waals surface area contributed by atoms with Crippen LogP contribution in [-0.2, 0) is 32.1 Å². The van der Waals surface area contributed by atoms with Gasteiger partial charge in [0.2, 0.25) is 0 Å². The second-order valence-corrected chi connectivity index (χ2v) is 13.9. The molecule has 5 rings (SSSR count). The van der Waals surface area contributed by atoms with Gasteiger partial charge in [-0.2, -0.15) is 0 Å². The van der Waals surface area contributed by atoms with E-state index in [-0.39, 0.29) is 24.8 Å². The summed E-state index contributed by atoms with van der Waals surface area (Å²) in [5.41, 5.74) is 1.96. The number of rotatable bonds is 12. The summed E-state index contributed by atoms with van der Waals surface area (Å²) in [6, 6.07) is 17.4. The highest BCUT2D eigenvalue weighted by Crippen LogP contribution is 2.46. The Balaban J connectivity index is 1.71. The SMILES string of the molecule is O=C(O)CCCN1/C(=C/C(CCc2ccccc2)=c2/s/c(=C3\SC(=S)N(CC(=O)O)C3=O)n(CC(=O)O)c2=O)Sc2ccccc21. The molecule has 1 amide bonds. The second kappa shape index (κ2) is 14.5. The minimum absolute atomic E-state index is 0.000745. The number of hydrogen-bond donors (Lipinski definition) is 3. The van der Waals surface area contributed by atoms with Crippen molar-refractivity contribution >= 4 is 91.4 Å². The maximum absolute atomic E-state index is 14.0. The predicted octanol–water partition coefficient (Wildman–Crippen LogP) is 3.15. The minimum atomic E-state index is -1.29. The molecular formula is C31H27N3O8S4. The number of amides is 1. The Morgan fingerprint density at radius 3 is 2.22 bits per heavy atom. The van der Waals surface area contributed by atoms with E-state index in [0.717, 1.165) is 53.7 Å². The third-order valence-corrected chi connectivity index (χ3v) is 11.0. The number of allylic oxidation sites excluding steroid dienone is 1. The number of fused-ring (bicyclic) bond motifs is 1. The molecule has 2 aliphatic rings. The molecule has 1 fully saturated rings. The minimum Gasteiger partial charge on any atom is -0.481 e. The first-order chi connectivity index (χ1) is 22.0. The number of aliphatic carboxylic acids is 3. The average Bonchev–Trinajstić information content (AvgIpc) is 3.62. The molecule has 15 heteroatoms. The van der Waals surface area contributed by atoms with Crippen molar-refractivity contribution in [1.82, 2.24) is 9.47 Å². The van der Waals surface area contributed by atoms with Crippen LogP contribution < -0.4 is 19.7 Å². The van der Waals surface area contributed by atoms with Crippen molar-refractivity contribution in [1.29, 1.82) is 0 Å². The first kappa shape index (κ1) is 33.2. The summed E-state index contributed by atoms with van der Waals surface area (Å²) in [7, 11) is 0. The van der Waals surface area contributed by atoms with Crippen LogP contribution in [0, 0.1) is 0 Å². The van der Waals surface area contributed by atoms with Crippen LogP contribution in [0.2, 0.25) is 0 Å². The van der Waals surface area contributed by atoms with Gasteiger partial charge in [-0.3, -0.25) is 33.4 Å². The van der Waals surface area contributed by atoms with Crippen LogP contribution in [0.5, 0.6) is 0 Å². The lowest BCUT2D eigenvalue weighted by molar-refractivity contribution is -0.140. The van der Waals surface area contributed by atoms with Gasteiger partial charge in [0.05, 0.1) is 15.2 Å². The molecule has 3 heterocycles. The van der Waals surface area contributed by atoms with E-state index in [0.29, 0.717) is 31.4 Å². The maximum atomic E-state index is 14.0. The Bertz CT molecular complexity index is 1950. The third-order valence-electron chi connectivity index (χ3n) is 7.04. The Hall–Kier alpha value is -4.18. The highest BCUT2D eigenvalue weighted by molar-refractivity contribution is 8.30. The predicted molar refractivity (Wildman–Crippen MR) is 181 cm³/mol. The van der Waals surface area contributed by atoms with Gasteiger partial charge in [-0.05, 0) is 48.6 Å². The zero-order chi connectivity index (χ0) is 33.0. The van der Waals surface area contributed by atoms with E-state index >= 15 is 0 Å². The van der Waals surface area contributed by atoms with Crippen LogP contribution in [-0.4, -0.2) is 66.0 Å². The van der Waals surface area contributed by atoms with Crippen LogP contribution in [0.15, 0.2) is 75.4 Å². The van der Waals surface area contributed by atoms with E-state index in [2.05, 4.69) is 0 Å². The Labute approximate surface area is 280 Å². The molecule has 0 saturated carbocycles. The summed E-state index contributed by atoms with van der Waals surface area (Å²) in [6.07, 6.45) is 3.21. The number of benzene rings is 2. The number of aryl methyl sites for hydroxylation is 1. The van der Waals surface area contributed by atoms with Crippen LogP contribution in [0.1, 0.15) is 24.8 Å². The fraction of sp³-hybridized carbons (Fsp3) is 0.226. The Morgan fingerprint density at radius 2 is 1.52 bits per heavy atom. The number of carbonyl (C=O) groups is 4. The molecule has 0 unspecified atom stereocenters. The molecule has 0 radical (unpaired) electrons. The number of thiazole rings is 1. The first-order valence-electron chi connectivity index (χ1n) is 14.0. The molecule has 2 aromatic carbocycles. The quantitative estimate of drug-likeness (QED) is 0.238. The van der Waals surface area contributed by atoms with Crippen LogP contribution in [0.25, 0.3) is 10.5 Å². The standard InChI is InChI=1S/C31H27N3O8S4/c35-23(36)11-6-14-32-20-9-4-5-10-21(20)44-22(32)15-19(13-12-18-7-2-1-3-8-18)26-28(41)33(16-24(37)38)30(45-26)27-29(42)34(17-25(39)40)31(43)46-27/h1-5,7-10,15H,6,11-14,16-17H2,(H,35,36)(H,37,38)(H,39,40)/b22-15-,26-19+,30-27-. The van der Waals surface area contributed by atoms with E-state index in [1.165, 1.54) is 11.8 Å². The fourth-order valence-corrected chi connectivity index (χ4v) is 8.71. The van der Waals surface area contributed by atoms with Crippen molar-refractivity contribution in [3.05, 3.63) is 90.8 Å². The van der Waals surface area contributed by atoms with Gasteiger partial charge in [-0.25, -0.2) is 0 Å². The number of carboxylic acids is 3. The zero-order valence-electron chi connectivity index (χ0n) is 24.1. The largest absolute Gasteiger partial charge is 0.481 e. The fourth-order valence-electron chi connectivity index (χ4n) is 4.96. The molecule has 0 bridgehead atoms. The lowest BCUT2D eigenvalue weighted by Crippen LogP contribution is -2.37. The second-order valence-electron chi connectivity index (χ2n) is 10.2. The number of anilines is 1. The number of thiocarbonyl (C=S) groups is 1. The molecule has 1 saturated heterocycles. The number of thioether (sulfide) groups is 2. The molecule has 3 aromatic rings. The number of aromatic nitrogens is 1. The van der Waals surface area contributed by atoms with Gasteiger partial charge >= 0.3 is 17.9 Å². The molecule has 46 heavy (non-hydrogen) atoms. The summed E-state index contributed by atoms with van der Waals surface area (Å²) in [5.74, 6) is -4.16. The number of para-hydroxylation sites is 1. The van der Waals surface area contributed by atoms with Crippen LogP contribution in [0.4, 0.5) is 5.69 Å². The third kappa shape index (κ3) is 7.44. The van der Waals surface area contributed by atoms with Crippen LogP contribution >= 0.6 is 47.1 Å². The Morgan fingerprint density at radius 1 is 0.826 bits per heavy atom. The average molecular weight is 698 g/mol. The van der Waals surface area contributed by atoms with Crippen molar-refractivity contribution in [3.63, 3.8) is 0 Å². The van der Waals surface area contributed by atoms with Gasteiger partial charge in [0, 0.05) is 17.9 Å². The van der Waals surface area contributed by atoms with E-state index in [9.17, 15) is 39.3 Å². The molecule has 1 aromatic heterocycles. The van der Waals surface area contributed by atoms with E-state index in [1.807, 2.05) is 65.6 Å². The number of hydrogen-bond acceptors (Lipinski definition) is 10. The maximum Gasteiger partial charge on any atom is 0.323 e. The molecular weight excluding hydrogens is 671 g/mol. The monoisotopic (exact) mass is 697 g/mol. The summed E-state index contributed by atoms with van der Waals surface area (Å²) in [4.78, 5) is 65.7. The molecule has 0 spiro atoms. The molecule has 0 aliphatic carbocycles. The van der Waals surface area contributed by atoms with Crippen molar-refractivity contribution in [2.24, 2.45) is 0 Å². The summed E-state index contributed by atoms with van der Waals surface area (Å²) >= 11 is 8.54. The number of carboxylic acid groups (broad SMARTS) is 3. The van der Waals surface area contributed by atoms with Crippen molar-refractivity contribution < 1.29 is 34.5 Å². The van der Waals surface area contributed by atoms with E-state index < -0.39 is 42.5 Å². The molecule has 2 aliphatic heterocycles. The first-order valence-corrected chi connectivity index (χ1v) is 16.9. The molecule has 3 N–H and O–H groups in total. The van der Waals surface area contributed by atoms with Gasteiger partial charge in [-0.1, -0.05) is 78.2 Å². The zero-order valence-corrected chi connectivity index (χ0v) is 27.3. The number of nitrogens with zero attached hydrogens (tertiary/aromatic N) is 3. The Kier molecular flexibility index (Phi) is 10.5. The summed E-state index contributed by atoms with van der Waals surface area (Å²) in [6.45, 7) is -0.948. The van der Waals surface area contributed by atoms with Crippen molar-refractivity contribution in [3.8, 4) is 0 Å². The summed E-state index contributed by atoms with van der Waals surface area (Å²) in [5, 5.41) is 29.0. The van der Waals surface area contributed by atoms with Gasteiger partial charge < -0.3 is 20.2 Å². The highest BCUT2D eigenvalue weighted by atomic mass is 32.2. The van der Waals surface area contributed by atoms with Gasteiger partial charge in [-0.15, -0.1) is 11.3 Å². The molecule has 238 valence electrons.